The molecular formula is C28H32N6O. The lowest BCUT2D eigenvalue weighted by atomic mass is 10.0. The molecule has 0 bridgehead atoms. The molecule has 3 aromatic carbocycles. The van der Waals surface area contributed by atoms with Crippen molar-refractivity contribution >= 4 is 5.69 Å². The predicted octanol–water partition coefficient (Wildman–Crippen LogP) is 4.14. The summed E-state index contributed by atoms with van der Waals surface area (Å²) in [6.45, 7) is 6.57. The Bertz CT molecular complexity index is 1220. The molecule has 180 valence electrons. The van der Waals surface area contributed by atoms with E-state index in [1.807, 2.05) is 16.8 Å². The normalized spacial score (nSPS) is 15.2. The zero-order valence-electron chi connectivity index (χ0n) is 20.4. The van der Waals surface area contributed by atoms with E-state index in [0.29, 0.717) is 0 Å². The maximum atomic E-state index is 5.43. The highest BCUT2D eigenvalue weighted by molar-refractivity contribution is 5.51. The molecule has 1 saturated heterocycles. The summed E-state index contributed by atoms with van der Waals surface area (Å²) in [5.41, 5.74) is 4.96. The summed E-state index contributed by atoms with van der Waals surface area (Å²) < 4.78 is 7.41. The van der Waals surface area contributed by atoms with Gasteiger partial charge in [0.25, 0.3) is 0 Å². The number of aromatic nitrogens is 4. The number of ether oxygens (including phenoxy) is 1. The predicted molar refractivity (Wildman–Crippen MR) is 138 cm³/mol. The average Bonchev–Trinajstić information content (AvgIpc) is 3.38. The number of rotatable bonds is 8. The molecule has 1 aromatic heterocycles. The Hall–Kier alpha value is -3.71. The third kappa shape index (κ3) is 5.35. The van der Waals surface area contributed by atoms with E-state index in [0.717, 1.165) is 50.7 Å². The number of piperazine rings is 1. The van der Waals surface area contributed by atoms with Gasteiger partial charge in [-0.05, 0) is 47.0 Å². The van der Waals surface area contributed by atoms with E-state index < -0.39 is 0 Å². The van der Waals surface area contributed by atoms with Crippen molar-refractivity contribution in [1.82, 2.24) is 25.1 Å². The van der Waals surface area contributed by atoms with Crippen molar-refractivity contribution in [1.29, 1.82) is 0 Å². The maximum Gasteiger partial charge on any atom is 0.173 e. The summed E-state index contributed by atoms with van der Waals surface area (Å²) in [7, 11) is 1.71. The molecule has 1 aliphatic rings. The minimum atomic E-state index is 0.00818. The van der Waals surface area contributed by atoms with Crippen molar-refractivity contribution in [2.75, 3.05) is 38.2 Å². The topological polar surface area (TPSA) is 59.3 Å². The largest absolute Gasteiger partial charge is 0.497 e. The lowest BCUT2D eigenvalue weighted by Gasteiger charge is -2.40. The summed E-state index contributed by atoms with van der Waals surface area (Å²) in [6.07, 6.45) is 0.892. The Balaban J connectivity index is 1.37. The Morgan fingerprint density at radius 3 is 2.40 bits per heavy atom. The fraction of sp³-hybridized carbons (Fsp3) is 0.321. The van der Waals surface area contributed by atoms with Crippen molar-refractivity contribution in [2.24, 2.45) is 0 Å². The van der Waals surface area contributed by atoms with E-state index in [4.69, 9.17) is 4.74 Å². The van der Waals surface area contributed by atoms with Crippen LogP contribution in [0.15, 0.2) is 78.9 Å². The van der Waals surface area contributed by atoms with E-state index >= 15 is 0 Å². The Kier molecular flexibility index (Phi) is 7.04. The van der Waals surface area contributed by atoms with Crippen LogP contribution in [0.2, 0.25) is 0 Å². The zero-order chi connectivity index (χ0) is 24.0. The first-order valence-electron chi connectivity index (χ1n) is 12.2. The van der Waals surface area contributed by atoms with Crippen LogP contribution in [0.5, 0.6) is 5.75 Å². The Morgan fingerprint density at radius 2 is 1.66 bits per heavy atom. The summed E-state index contributed by atoms with van der Waals surface area (Å²) >= 11 is 0. The van der Waals surface area contributed by atoms with Gasteiger partial charge in [0.1, 0.15) is 5.75 Å². The fourth-order valence-electron chi connectivity index (χ4n) is 4.76. The Morgan fingerprint density at radius 1 is 0.886 bits per heavy atom. The van der Waals surface area contributed by atoms with Gasteiger partial charge in [0.2, 0.25) is 0 Å². The summed E-state index contributed by atoms with van der Waals surface area (Å²) in [5.74, 6) is 1.79. The van der Waals surface area contributed by atoms with Crippen molar-refractivity contribution < 1.29 is 4.74 Å². The molecule has 7 heteroatoms. The number of nitrogens with zero attached hydrogens (tertiary/aromatic N) is 6. The van der Waals surface area contributed by atoms with E-state index in [1.165, 1.54) is 22.4 Å². The molecule has 7 nitrogen and oxygen atoms in total. The minimum absolute atomic E-state index is 0.00818. The quantitative estimate of drug-likeness (QED) is 0.387. The van der Waals surface area contributed by atoms with Crippen molar-refractivity contribution in [2.45, 2.75) is 25.9 Å². The molecular weight excluding hydrogens is 436 g/mol. The lowest BCUT2D eigenvalue weighted by molar-refractivity contribution is 0.200. The van der Waals surface area contributed by atoms with E-state index in [-0.39, 0.29) is 6.04 Å². The maximum absolute atomic E-state index is 5.43. The highest BCUT2D eigenvalue weighted by Gasteiger charge is 2.30. The van der Waals surface area contributed by atoms with Crippen molar-refractivity contribution in [3.05, 3.63) is 101 Å². The van der Waals surface area contributed by atoms with Crippen LogP contribution in [0.1, 0.15) is 28.6 Å². The zero-order valence-corrected chi connectivity index (χ0v) is 20.4. The van der Waals surface area contributed by atoms with E-state index in [2.05, 4.69) is 99.0 Å². The van der Waals surface area contributed by atoms with Gasteiger partial charge in [-0.3, -0.25) is 4.90 Å². The van der Waals surface area contributed by atoms with Crippen LogP contribution in [0.4, 0.5) is 5.69 Å². The molecule has 35 heavy (non-hydrogen) atoms. The van der Waals surface area contributed by atoms with Gasteiger partial charge >= 0.3 is 0 Å². The second-order valence-corrected chi connectivity index (χ2v) is 9.03. The standard InChI is InChI=1S/C28H32N6O/c1-22-11-13-24(14-12-22)27(28-29-30-31-34(28)16-15-23-7-4-3-5-8-23)33-19-17-32(18-20-33)25-9-6-10-26(21-25)35-2/h3-14,21,27H,15-20H2,1-2H3/t27-/m0/s1. The first-order valence-corrected chi connectivity index (χ1v) is 12.2. The van der Waals surface area contributed by atoms with Gasteiger partial charge in [-0.25, -0.2) is 4.68 Å². The summed E-state index contributed by atoms with van der Waals surface area (Å²) in [4.78, 5) is 4.93. The van der Waals surface area contributed by atoms with E-state index in [1.54, 1.807) is 7.11 Å². The number of benzene rings is 3. The number of methoxy groups -OCH3 is 1. The molecule has 1 atom stereocenters. The van der Waals surface area contributed by atoms with Gasteiger partial charge in [0.15, 0.2) is 5.82 Å². The average molecular weight is 469 g/mol. The van der Waals surface area contributed by atoms with Gasteiger partial charge in [-0.1, -0.05) is 66.2 Å². The molecule has 0 spiro atoms. The van der Waals surface area contributed by atoms with Crippen LogP contribution in [0.25, 0.3) is 0 Å². The van der Waals surface area contributed by atoms with Crippen LogP contribution in [0, 0.1) is 6.92 Å². The third-order valence-corrected chi connectivity index (χ3v) is 6.75. The molecule has 1 aliphatic heterocycles. The molecule has 1 fully saturated rings. The molecule has 2 heterocycles. The van der Waals surface area contributed by atoms with Crippen molar-refractivity contribution in [3.8, 4) is 5.75 Å². The lowest BCUT2D eigenvalue weighted by Crippen LogP contribution is -2.48. The molecule has 5 rings (SSSR count). The van der Waals surface area contributed by atoms with E-state index in [9.17, 15) is 0 Å². The molecule has 4 aromatic rings. The first-order chi connectivity index (χ1) is 17.2. The smallest absolute Gasteiger partial charge is 0.173 e. The number of hydrogen-bond donors (Lipinski definition) is 0. The molecule has 0 unspecified atom stereocenters. The fourth-order valence-corrected chi connectivity index (χ4v) is 4.76. The molecule has 0 aliphatic carbocycles. The van der Waals surface area contributed by atoms with Gasteiger partial charge in [-0.15, -0.1) is 5.10 Å². The van der Waals surface area contributed by atoms with Crippen LogP contribution in [0.3, 0.4) is 0 Å². The van der Waals surface area contributed by atoms with Crippen LogP contribution in [-0.2, 0) is 13.0 Å². The Labute approximate surface area is 206 Å². The monoisotopic (exact) mass is 468 g/mol. The van der Waals surface area contributed by atoms with Crippen molar-refractivity contribution in [3.63, 3.8) is 0 Å². The number of hydrogen-bond acceptors (Lipinski definition) is 6. The van der Waals surface area contributed by atoms with Gasteiger partial charge in [-0.2, -0.15) is 0 Å². The minimum Gasteiger partial charge on any atom is -0.497 e. The molecule has 0 radical (unpaired) electrons. The van der Waals surface area contributed by atoms with Crippen LogP contribution >= 0.6 is 0 Å². The molecule has 0 N–H and O–H groups in total. The molecule has 0 saturated carbocycles. The second kappa shape index (κ2) is 10.7. The summed E-state index contributed by atoms with van der Waals surface area (Å²) in [6, 6.07) is 27.6. The number of aryl methyl sites for hydroxylation is 3. The molecule has 0 amide bonds. The summed E-state index contributed by atoms with van der Waals surface area (Å²) in [5, 5.41) is 13.0. The first kappa shape index (κ1) is 23.1. The van der Waals surface area contributed by atoms with Crippen LogP contribution in [-0.4, -0.2) is 58.4 Å². The van der Waals surface area contributed by atoms with Gasteiger partial charge < -0.3 is 9.64 Å². The SMILES string of the molecule is COc1cccc(N2CCN([C@@H](c3ccc(C)cc3)c3nnnn3CCc3ccccc3)CC2)c1. The highest BCUT2D eigenvalue weighted by Crippen LogP contribution is 2.30. The van der Waals surface area contributed by atoms with Gasteiger partial charge in [0, 0.05) is 44.5 Å². The number of tetrazole rings is 1. The highest BCUT2D eigenvalue weighted by atomic mass is 16.5. The second-order valence-electron chi connectivity index (χ2n) is 9.03. The third-order valence-electron chi connectivity index (χ3n) is 6.75. The number of anilines is 1. The van der Waals surface area contributed by atoms with Gasteiger partial charge in [0.05, 0.1) is 13.2 Å². The van der Waals surface area contributed by atoms with Crippen LogP contribution < -0.4 is 9.64 Å².